The lowest BCUT2D eigenvalue weighted by Gasteiger charge is -2.37. The van der Waals surface area contributed by atoms with Gasteiger partial charge in [-0.3, -0.25) is 4.99 Å². The van der Waals surface area contributed by atoms with Gasteiger partial charge in [0, 0.05) is 49.9 Å². The molecule has 0 amide bonds. The van der Waals surface area contributed by atoms with Crippen molar-refractivity contribution in [2.75, 3.05) is 24.5 Å². The Morgan fingerprint density at radius 3 is 2.89 bits per heavy atom. The van der Waals surface area contributed by atoms with Crippen molar-refractivity contribution in [3.63, 3.8) is 0 Å². The average Bonchev–Trinajstić information content (AvgIpc) is 2.85. The van der Waals surface area contributed by atoms with Gasteiger partial charge in [-0.05, 0) is 18.2 Å². The van der Waals surface area contributed by atoms with Crippen LogP contribution in [0.25, 0.3) is 0 Å². The highest BCUT2D eigenvalue weighted by Gasteiger charge is 2.33. The van der Waals surface area contributed by atoms with E-state index < -0.39 is 11.7 Å². The van der Waals surface area contributed by atoms with Crippen LogP contribution in [0.1, 0.15) is 17.5 Å². The summed E-state index contributed by atoms with van der Waals surface area (Å²) in [5.74, 6) is 0.542. The Hall–Kier alpha value is -2.54. The number of anilines is 1. The lowest BCUT2D eigenvalue weighted by atomic mass is 10.1. The van der Waals surface area contributed by atoms with E-state index in [4.69, 9.17) is 4.74 Å². The third-order valence-electron chi connectivity index (χ3n) is 4.93. The lowest BCUT2D eigenvalue weighted by Crippen LogP contribution is -2.51. The highest BCUT2D eigenvalue weighted by atomic mass is 19.4. The van der Waals surface area contributed by atoms with Gasteiger partial charge >= 0.3 is 6.18 Å². The molecule has 0 spiro atoms. The fourth-order valence-electron chi connectivity index (χ4n) is 3.58. The lowest BCUT2D eigenvalue weighted by molar-refractivity contribution is -0.138. The molecule has 2 aromatic carbocycles. The van der Waals surface area contributed by atoms with Gasteiger partial charge in [-0.2, -0.15) is 13.2 Å². The molecule has 1 saturated heterocycles. The second-order valence-corrected chi connectivity index (χ2v) is 6.69. The summed E-state index contributed by atoms with van der Waals surface area (Å²) in [6, 6.07) is 11.3. The van der Waals surface area contributed by atoms with E-state index >= 15 is 0 Å². The first-order chi connectivity index (χ1) is 13.0. The Kier molecular flexibility index (Phi) is 4.78. The molecule has 2 aliphatic rings. The molecule has 0 bridgehead atoms. The van der Waals surface area contributed by atoms with Crippen LogP contribution in [0.5, 0.6) is 5.75 Å². The van der Waals surface area contributed by atoms with E-state index in [-0.39, 0.29) is 12.2 Å². The van der Waals surface area contributed by atoms with Crippen LogP contribution < -0.4 is 15.0 Å². The highest BCUT2D eigenvalue weighted by molar-refractivity contribution is 5.78. The molecule has 4 rings (SSSR count). The van der Waals surface area contributed by atoms with Crippen LogP contribution in [0.4, 0.5) is 24.5 Å². The second-order valence-electron chi connectivity index (χ2n) is 6.69. The molecule has 2 aromatic rings. The van der Waals surface area contributed by atoms with Gasteiger partial charge in [-0.15, -0.1) is 0 Å². The van der Waals surface area contributed by atoms with E-state index in [9.17, 15) is 13.2 Å². The number of hydrogen-bond donors (Lipinski definition) is 1. The first-order valence-electron chi connectivity index (χ1n) is 8.94. The third kappa shape index (κ3) is 3.78. The van der Waals surface area contributed by atoms with Gasteiger partial charge in [0.2, 0.25) is 0 Å². The zero-order valence-corrected chi connectivity index (χ0v) is 14.7. The largest absolute Gasteiger partial charge is 0.489 e. The highest BCUT2D eigenvalue weighted by Crippen LogP contribution is 2.37. The van der Waals surface area contributed by atoms with Crippen LogP contribution in [0.3, 0.4) is 0 Å². The number of hydrogen-bond acceptors (Lipinski definition) is 4. The maximum atomic E-state index is 13.1. The summed E-state index contributed by atoms with van der Waals surface area (Å²) in [6.07, 6.45) is -1.61. The van der Waals surface area contributed by atoms with E-state index in [0.717, 1.165) is 43.5 Å². The number of benzene rings is 2. The fourth-order valence-corrected chi connectivity index (χ4v) is 3.58. The molecule has 1 atom stereocenters. The SMILES string of the molecule is FC(F)(F)c1ccccc1COc1ccc2c(c1)N1CCNCC1CC=N2. The molecule has 4 nitrogen and oxygen atoms in total. The number of ether oxygens (including phenoxy) is 1. The van der Waals surface area contributed by atoms with Crippen molar-refractivity contribution in [1.82, 2.24) is 5.32 Å². The van der Waals surface area contributed by atoms with Crippen molar-refractivity contribution >= 4 is 17.6 Å². The van der Waals surface area contributed by atoms with Crippen molar-refractivity contribution in [2.24, 2.45) is 4.99 Å². The quantitative estimate of drug-likeness (QED) is 0.875. The summed E-state index contributed by atoms with van der Waals surface area (Å²) >= 11 is 0. The van der Waals surface area contributed by atoms with Gasteiger partial charge in [-0.25, -0.2) is 0 Å². The fraction of sp³-hybridized carbons (Fsp3) is 0.350. The summed E-state index contributed by atoms with van der Waals surface area (Å²) < 4.78 is 45.2. The molecule has 0 saturated carbocycles. The molecule has 0 aliphatic carbocycles. The number of nitrogens with one attached hydrogen (secondary N) is 1. The van der Waals surface area contributed by atoms with Gasteiger partial charge < -0.3 is 15.0 Å². The van der Waals surface area contributed by atoms with Gasteiger partial charge in [0.25, 0.3) is 0 Å². The Morgan fingerprint density at radius 1 is 1.19 bits per heavy atom. The number of aliphatic imine (C=N–C) groups is 1. The monoisotopic (exact) mass is 375 g/mol. The number of halogens is 3. The minimum Gasteiger partial charge on any atom is -0.489 e. The number of fused-ring (bicyclic) bond motifs is 3. The molecular formula is C20H20F3N3O. The van der Waals surface area contributed by atoms with Crippen LogP contribution in [-0.4, -0.2) is 31.9 Å². The molecule has 2 aliphatic heterocycles. The molecule has 7 heteroatoms. The minimum atomic E-state index is -4.39. The van der Waals surface area contributed by atoms with Crippen molar-refractivity contribution in [1.29, 1.82) is 0 Å². The molecule has 0 aromatic heterocycles. The summed E-state index contributed by atoms with van der Waals surface area (Å²) in [5.41, 5.74) is 1.30. The molecule has 1 fully saturated rings. The van der Waals surface area contributed by atoms with Crippen LogP contribution in [-0.2, 0) is 12.8 Å². The summed E-state index contributed by atoms with van der Waals surface area (Å²) in [6.45, 7) is 2.50. The first-order valence-corrected chi connectivity index (χ1v) is 8.94. The standard InChI is InChI=1S/C20H20F3N3O/c21-20(22,23)17-4-2-1-3-14(17)13-27-16-5-6-18-19(11-16)26-10-9-24-12-15(26)7-8-25-18/h1-6,8,11,15,24H,7,9-10,12-13H2. The van der Waals surface area contributed by atoms with E-state index in [2.05, 4.69) is 15.2 Å². The van der Waals surface area contributed by atoms with Crippen molar-refractivity contribution in [3.8, 4) is 5.75 Å². The predicted octanol–water partition coefficient (Wildman–Crippen LogP) is 4.17. The topological polar surface area (TPSA) is 36.9 Å². The summed E-state index contributed by atoms with van der Waals surface area (Å²) in [4.78, 5) is 6.82. The Balaban J connectivity index is 1.57. The van der Waals surface area contributed by atoms with Crippen LogP contribution in [0.2, 0.25) is 0 Å². The minimum absolute atomic E-state index is 0.123. The summed E-state index contributed by atoms with van der Waals surface area (Å²) in [7, 11) is 0. The molecular weight excluding hydrogens is 355 g/mol. The van der Waals surface area contributed by atoms with Gasteiger partial charge in [0.15, 0.2) is 0 Å². The van der Waals surface area contributed by atoms with E-state index in [1.165, 1.54) is 12.1 Å². The van der Waals surface area contributed by atoms with Crippen molar-refractivity contribution in [3.05, 3.63) is 53.6 Å². The van der Waals surface area contributed by atoms with E-state index in [0.29, 0.717) is 11.8 Å². The predicted molar refractivity (Wildman–Crippen MR) is 99.0 cm³/mol. The third-order valence-corrected chi connectivity index (χ3v) is 4.93. The van der Waals surface area contributed by atoms with Crippen LogP contribution in [0.15, 0.2) is 47.5 Å². The van der Waals surface area contributed by atoms with Gasteiger partial charge in [0.1, 0.15) is 12.4 Å². The molecule has 142 valence electrons. The second kappa shape index (κ2) is 7.23. The number of piperazine rings is 1. The Morgan fingerprint density at radius 2 is 2.04 bits per heavy atom. The van der Waals surface area contributed by atoms with Gasteiger partial charge in [-0.1, -0.05) is 18.2 Å². The smallest absolute Gasteiger partial charge is 0.416 e. The zero-order valence-electron chi connectivity index (χ0n) is 14.7. The zero-order chi connectivity index (χ0) is 18.9. The molecule has 0 radical (unpaired) electrons. The van der Waals surface area contributed by atoms with Crippen LogP contribution >= 0.6 is 0 Å². The van der Waals surface area contributed by atoms with Crippen LogP contribution in [0, 0.1) is 0 Å². The van der Waals surface area contributed by atoms with Crippen molar-refractivity contribution in [2.45, 2.75) is 25.2 Å². The van der Waals surface area contributed by atoms with E-state index in [1.807, 2.05) is 18.3 Å². The van der Waals surface area contributed by atoms with Crippen molar-refractivity contribution < 1.29 is 17.9 Å². The number of alkyl halides is 3. The number of nitrogens with zero attached hydrogens (tertiary/aromatic N) is 2. The first kappa shape index (κ1) is 17.9. The summed E-state index contributed by atoms with van der Waals surface area (Å²) in [5, 5.41) is 3.38. The maximum absolute atomic E-state index is 13.1. The molecule has 27 heavy (non-hydrogen) atoms. The normalized spacial score (nSPS) is 19.2. The average molecular weight is 375 g/mol. The molecule has 2 heterocycles. The molecule has 1 N–H and O–H groups in total. The molecule has 1 unspecified atom stereocenters. The maximum Gasteiger partial charge on any atom is 0.416 e. The number of rotatable bonds is 3. The Bertz CT molecular complexity index is 851. The van der Waals surface area contributed by atoms with Gasteiger partial charge in [0.05, 0.1) is 16.9 Å². The van der Waals surface area contributed by atoms with E-state index in [1.54, 1.807) is 12.1 Å². The Labute approximate surface area is 155 Å².